The van der Waals surface area contributed by atoms with Crippen LogP contribution in [0.4, 0.5) is 17.1 Å². The van der Waals surface area contributed by atoms with Crippen LogP contribution in [0.1, 0.15) is 0 Å². The molecule has 0 atom stereocenters. The highest BCUT2D eigenvalue weighted by molar-refractivity contribution is 7.66. The maximum absolute atomic E-state index is 10.2. The molecule has 1 rings (SSSR count). The zero-order chi connectivity index (χ0) is 11.1. The zero-order valence-electron chi connectivity index (χ0n) is 7.32. The molecule has 0 amide bonds. The summed E-state index contributed by atoms with van der Waals surface area (Å²) in [5, 5.41) is 0. The zero-order valence-corrected chi connectivity index (χ0v) is 9.77. The first-order valence-corrected chi connectivity index (χ1v) is 5.91. The Morgan fingerprint density at radius 2 is 1.27 bits per heavy atom. The van der Waals surface area contributed by atoms with Crippen molar-refractivity contribution in [1.82, 2.24) is 0 Å². The lowest BCUT2D eigenvalue weighted by molar-refractivity contribution is 0.697. The van der Waals surface area contributed by atoms with Crippen LogP contribution < -0.4 is 0 Å². The number of hydrogen-bond donors (Lipinski definition) is 0. The molecule has 0 bridgehead atoms. The summed E-state index contributed by atoms with van der Waals surface area (Å²) in [5.41, 5.74) is 1.43. The van der Waals surface area contributed by atoms with Gasteiger partial charge in [-0.2, -0.15) is 21.5 Å². The van der Waals surface area contributed by atoms with Crippen LogP contribution in [0.2, 0.25) is 0 Å². The van der Waals surface area contributed by atoms with E-state index in [2.05, 4.69) is 19.0 Å². The van der Waals surface area contributed by atoms with Gasteiger partial charge in [0.2, 0.25) is 22.9 Å². The maximum Gasteiger partial charge on any atom is 0.205 e. The quantitative estimate of drug-likeness (QED) is 0.779. The number of nitrogens with zero attached hydrogens (tertiary/aromatic N) is 3. The number of rotatable bonds is 3. The first kappa shape index (κ1) is 11.8. The van der Waals surface area contributed by atoms with Crippen LogP contribution in [0.15, 0.2) is 31.3 Å². The van der Waals surface area contributed by atoms with Gasteiger partial charge in [0.15, 0.2) is 0 Å². The summed E-state index contributed by atoms with van der Waals surface area (Å²) in [7, 11) is 0. The van der Waals surface area contributed by atoms with E-state index < -0.39 is 0 Å². The average Bonchev–Trinajstić information content (AvgIpc) is 2.19. The highest BCUT2D eigenvalue weighted by Gasteiger charge is 1.98. The molecule has 0 aliphatic rings. The van der Waals surface area contributed by atoms with Crippen molar-refractivity contribution in [2.45, 2.75) is 0 Å². The Morgan fingerprint density at radius 1 is 0.867 bits per heavy atom. The van der Waals surface area contributed by atoms with E-state index >= 15 is 0 Å². The molecule has 8 heteroatoms. The van der Waals surface area contributed by atoms with Gasteiger partial charge in [-0.25, -0.2) is 0 Å². The molecular formula is C7H5N3O2S3. The van der Waals surface area contributed by atoms with E-state index in [1.54, 1.807) is 12.1 Å². The van der Waals surface area contributed by atoms with Gasteiger partial charge in [0, 0.05) is 0 Å². The lowest BCUT2D eigenvalue weighted by Gasteiger charge is -1.95. The monoisotopic (exact) mass is 259 g/mol. The Labute approximate surface area is 96.7 Å². The molecule has 5 nitrogen and oxygen atoms in total. The molecule has 15 heavy (non-hydrogen) atoms. The van der Waals surface area contributed by atoms with Crippen molar-refractivity contribution in [2.24, 2.45) is 13.1 Å². The van der Waals surface area contributed by atoms with Gasteiger partial charge in [0.25, 0.3) is 0 Å². The smallest absolute Gasteiger partial charge is 0.194 e. The van der Waals surface area contributed by atoms with Gasteiger partial charge >= 0.3 is 0 Å². The van der Waals surface area contributed by atoms with Crippen LogP contribution in [0.25, 0.3) is 0 Å². The SMILES string of the molecule is C=S=Nc1cc(N=S=O)cc(N=S=O)c1. The third-order valence-corrected chi connectivity index (χ3v) is 2.25. The molecule has 0 saturated heterocycles. The first-order valence-electron chi connectivity index (χ1n) is 3.57. The molecule has 0 aliphatic heterocycles. The van der Waals surface area contributed by atoms with E-state index in [0.29, 0.717) is 17.1 Å². The average molecular weight is 259 g/mol. The van der Waals surface area contributed by atoms with Gasteiger partial charge in [-0.15, -0.1) is 0 Å². The second kappa shape index (κ2) is 6.27. The summed E-state index contributed by atoms with van der Waals surface area (Å²) in [6.07, 6.45) is 0. The van der Waals surface area contributed by atoms with Crippen molar-refractivity contribution < 1.29 is 8.42 Å². The van der Waals surface area contributed by atoms with Gasteiger partial charge in [-0.1, -0.05) is 11.1 Å². The molecular weight excluding hydrogens is 254 g/mol. The second-order valence-electron chi connectivity index (χ2n) is 2.26. The molecule has 0 heterocycles. The van der Waals surface area contributed by atoms with E-state index in [1.165, 1.54) is 6.07 Å². The Balaban J connectivity index is 3.36. The summed E-state index contributed by atoms with van der Waals surface area (Å²) in [6.45, 7) is 0. The second-order valence-corrected chi connectivity index (χ2v) is 3.36. The molecule has 0 aliphatic carbocycles. The van der Waals surface area contributed by atoms with E-state index in [4.69, 9.17) is 0 Å². The molecule has 0 fully saturated rings. The summed E-state index contributed by atoms with van der Waals surface area (Å²) >= 11 is 1.22. The van der Waals surface area contributed by atoms with Crippen molar-refractivity contribution in [2.75, 3.05) is 0 Å². The third kappa shape index (κ3) is 3.78. The van der Waals surface area contributed by atoms with Gasteiger partial charge < -0.3 is 0 Å². The van der Waals surface area contributed by atoms with Gasteiger partial charge in [0.05, 0.1) is 17.1 Å². The molecule has 1 aromatic carbocycles. The number of hydrogen-bond acceptors (Lipinski definition) is 5. The first-order chi connectivity index (χ1) is 7.30. The Morgan fingerprint density at radius 3 is 1.60 bits per heavy atom. The largest absolute Gasteiger partial charge is 0.205 e. The fourth-order valence-corrected chi connectivity index (χ4v) is 1.54. The minimum absolute atomic E-state index is 0.0926. The van der Waals surface area contributed by atoms with Crippen LogP contribution in [-0.4, -0.2) is 14.3 Å². The predicted octanol–water partition coefficient (Wildman–Crippen LogP) is 2.07. The van der Waals surface area contributed by atoms with Crippen LogP contribution in [0.5, 0.6) is 0 Å². The van der Waals surface area contributed by atoms with Crippen LogP contribution >= 0.6 is 0 Å². The minimum atomic E-state index is 0.0926. The van der Waals surface area contributed by atoms with Crippen LogP contribution in [0.3, 0.4) is 0 Å². The lowest BCUT2D eigenvalue weighted by Crippen LogP contribution is -1.67. The van der Waals surface area contributed by atoms with Crippen LogP contribution in [-0.2, 0) is 34.1 Å². The fraction of sp³-hybridized carbons (Fsp3) is 0. The van der Waals surface area contributed by atoms with E-state index in [1.807, 2.05) is 0 Å². The van der Waals surface area contributed by atoms with Crippen molar-refractivity contribution in [1.29, 1.82) is 0 Å². The van der Waals surface area contributed by atoms with Crippen molar-refractivity contribution in [3.63, 3.8) is 0 Å². The Bertz CT molecular complexity index is 438. The fourth-order valence-electron chi connectivity index (χ4n) is 0.898. The minimum Gasteiger partial charge on any atom is -0.194 e. The lowest BCUT2D eigenvalue weighted by atomic mass is 10.2. The van der Waals surface area contributed by atoms with E-state index in [9.17, 15) is 8.42 Å². The molecule has 0 aromatic heterocycles. The number of benzene rings is 1. The standard InChI is InChI=1S/C7H5N3O2S3/c1-13-8-5-2-6(9-14-11)4-7(3-5)10-15-12/h2-4H,1H2. The van der Waals surface area contributed by atoms with Crippen molar-refractivity contribution >= 4 is 57.0 Å². The summed E-state index contributed by atoms with van der Waals surface area (Å²) in [4.78, 5) is 0. The third-order valence-electron chi connectivity index (χ3n) is 1.34. The summed E-state index contributed by atoms with van der Waals surface area (Å²) in [6, 6.07) is 4.75. The highest BCUT2D eigenvalue weighted by Crippen LogP contribution is 2.27. The Hall–Kier alpha value is -1.25. The molecule has 0 spiro atoms. The molecule has 1 aromatic rings. The summed E-state index contributed by atoms with van der Waals surface area (Å²) in [5.74, 6) is 3.49. The normalized spacial score (nSPS) is 8.80. The van der Waals surface area contributed by atoms with Gasteiger partial charge in [-0.3, -0.25) is 0 Å². The Kier molecular flexibility index (Phi) is 4.95. The van der Waals surface area contributed by atoms with E-state index in [0.717, 1.165) is 11.1 Å². The molecule has 78 valence electrons. The predicted molar refractivity (Wildman–Crippen MR) is 63.5 cm³/mol. The molecule has 0 unspecified atom stereocenters. The summed E-state index contributed by atoms with van der Waals surface area (Å²) < 4.78 is 31.6. The topological polar surface area (TPSA) is 71.2 Å². The maximum atomic E-state index is 10.2. The van der Waals surface area contributed by atoms with Crippen molar-refractivity contribution in [3.05, 3.63) is 18.2 Å². The van der Waals surface area contributed by atoms with Crippen LogP contribution in [0, 0.1) is 0 Å². The van der Waals surface area contributed by atoms with E-state index in [-0.39, 0.29) is 22.9 Å². The highest BCUT2D eigenvalue weighted by atomic mass is 32.1. The van der Waals surface area contributed by atoms with Gasteiger partial charge in [-0.05, 0) is 24.1 Å². The van der Waals surface area contributed by atoms with Crippen molar-refractivity contribution in [3.8, 4) is 0 Å². The molecule has 0 radical (unpaired) electrons. The molecule has 0 saturated carbocycles. The van der Waals surface area contributed by atoms with Gasteiger partial charge in [0.1, 0.15) is 0 Å². The molecule has 0 N–H and O–H groups in total.